The van der Waals surface area contributed by atoms with E-state index in [0.29, 0.717) is 27.5 Å². The SMILES string of the molecule is CC1=C(C(=O)O)C(c2ccccc2SCc2cccc([N+](=O)[O-])c2)C([N+](=O)[O-])=C(C)N1. The molecule has 2 aromatic carbocycles. The Kier molecular flexibility index (Phi) is 6.40. The van der Waals surface area contributed by atoms with Crippen molar-refractivity contribution in [1.29, 1.82) is 0 Å². The van der Waals surface area contributed by atoms with Gasteiger partial charge < -0.3 is 10.4 Å². The summed E-state index contributed by atoms with van der Waals surface area (Å²) in [6, 6.07) is 13.1. The molecule has 1 unspecified atom stereocenters. The second-order valence-electron chi connectivity index (χ2n) is 6.92. The highest BCUT2D eigenvalue weighted by Gasteiger charge is 2.41. The molecule has 0 spiro atoms. The van der Waals surface area contributed by atoms with Crippen LogP contribution in [0.2, 0.25) is 0 Å². The minimum atomic E-state index is -1.24. The van der Waals surface area contributed by atoms with E-state index in [1.165, 1.54) is 23.9 Å². The van der Waals surface area contributed by atoms with Gasteiger partial charge in [0.2, 0.25) is 0 Å². The summed E-state index contributed by atoms with van der Waals surface area (Å²) in [5.41, 5.74) is 1.53. The monoisotopic (exact) mass is 441 g/mol. The normalized spacial score (nSPS) is 16.1. The van der Waals surface area contributed by atoms with Crippen molar-refractivity contribution in [2.45, 2.75) is 30.4 Å². The van der Waals surface area contributed by atoms with E-state index in [4.69, 9.17) is 0 Å². The maximum Gasteiger partial charge on any atom is 0.334 e. The van der Waals surface area contributed by atoms with Crippen molar-refractivity contribution < 1.29 is 19.7 Å². The summed E-state index contributed by atoms with van der Waals surface area (Å²) in [6.45, 7) is 3.13. The lowest BCUT2D eigenvalue weighted by Gasteiger charge is -2.26. The van der Waals surface area contributed by atoms with Gasteiger partial charge in [0.15, 0.2) is 0 Å². The average Bonchev–Trinajstić information content (AvgIpc) is 2.71. The van der Waals surface area contributed by atoms with Gasteiger partial charge in [0.25, 0.3) is 11.4 Å². The number of dihydropyridines is 1. The van der Waals surface area contributed by atoms with Crippen LogP contribution in [-0.4, -0.2) is 20.9 Å². The van der Waals surface area contributed by atoms with Crippen molar-refractivity contribution in [1.82, 2.24) is 5.32 Å². The molecule has 0 radical (unpaired) electrons. The zero-order valence-electron chi connectivity index (χ0n) is 16.7. The van der Waals surface area contributed by atoms with E-state index in [-0.39, 0.29) is 22.7 Å². The van der Waals surface area contributed by atoms with Crippen molar-refractivity contribution >= 4 is 23.4 Å². The first-order valence-electron chi connectivity index (χ1n) is 9.22. The first-order valence-corrected chi connectivity index (χ1v) is 10.2. The Morgan fingerprint density at radius 1 is 1.06 bits per heavy atom. The Morgan fingerprint density at radius 2 is 1.77 bits per heavy atom. The molecule has 0 aromatic heterocycles. The number of carbonyl (C=O) groups is 1. The van der Waals surface area contributed by atoms with Crippen molar-refractivity contribution in [2.75, 3.05) is 0 Å². The molecule has 0 amide bonds. The Morgan fingerprint density at radius 3 is 2.42 bits per heavy atom. The smallest absolute Gasteiger partial charge is 0.334 e. The average molecular weight is 441 g/mol. The second kappa shape index (κ2) is 9.00. The Balaban J connectivity index is 2.03. The summed E-state index contributed by atoms with van der Waals surface area (Å²) in [5.74, 6) is -1.91. The summed E-state index contributed by atoms with van der Waals surface area (Å²) >= 11 is 1.34. The van der Waals surface area contributed by atoms with Crippen LogP contribution in [0.15, 0.2) is 76.1 Å². The standard InChI is InChI=1S/C21H19N3O6S/c1-12-18(21(25)26)19(20(24(29)30)13(2)22-12)16-8-3-4-9-17(16)31-11-14-6-5-7-15(10-14)23(27)28/h3-10,19,22H,11H2,1-2H3,(H,25,26). The fourth-order valence-corrected chi connectivity index (χ4v) is 4.61. The molecule has 0 bridgehead atoms. The maximum absolute atomic E-state index is 12.0. The van der Waals surface area contributed by atoms with Crippen LogP contribution in [0.1, 0.15) is 30.9 Å². The van der Waals surface area contributed by atoms with Gasteiger partial charge in [-0.25, -0.2) is 4.79 Å². The van der Waals surface area contributed by atoms with Crippen LogP contribution < -0.4 is 5.32 Å². The molecule has 160 valence electrons. The minimum absolute atomic E-state index is 0.0225. The number of non-ortho nitro benzene ring substituents is 1. The molecule has 0 saturated heterocycles. The van der Waals surface area contributed by atoms with Crippen LogP contribution in [0.4, 0.5) is 5.69 Å². The van der Waals surface area contributed by atoms with E-state index in [0.717, 1.165) is 0 Å². The third kappa shape index (κ3) is 4.58. The first-order chi connectivity index (χ1) is 14.7. The maximum atomic E-state index is 12.0. The van der Waals surface area contributed by atoms with E-state index >= 15 is 0 Å². The molecule has 9 nitrogen and oxygen atoms in total. The quantitative estimate of drug-likeness (QED) is 0.366. The number of allylic oxidation sites excluding steroid dienone is 3. The third-order valence-corrected chi connectivity index (χ3v) is 6.06. The van der Waals surface area contributed by atoms with Gasteiger partial charge >= 0.3 is 5.97 Å². The molecule has 0 aliphatic carbocycles. The zero-order chi connectivity index (χ0) is 22.7. The Hall–Kier alpha value is -3.66. The number of nitro benzene ring substituents is 1. The van der Waals surface area contributed by atoms with Crippen molar-refractivity contribution in [2.24, 2.45) is 0 Å². The largest absolute Gasteiger partial charge is 0.478 e. The van der Waals surface area contributed by atoms with Gasteiger partial charge in [-0.15, -0.1) is 11.8 Å². The van der Waals surface area contributed by atoms with Gasteiger partial charge in [-0.3, -0.25) is 20.2 Å². The Labute approximate surface area is 181 Å². The molecular weight excluding hydrogens is 422 g/mol. The van der Waals surface area contributed by atoms with E-state index in [9.17, 15) is 30.1 Å². The summed E-state index contributed by atoms with van der Waals surface area (Å²) in [4.78, 5) is 34.5. The number of nitrogens with zero attached hydrogens (tertiary/aromatic N) is 2. The number of rotatable bonds is 7. The molecular formula is C21H19N3O6S. The van der Waals surface area contributed by atoms with Crippen LogP contribution >= 0.6 is 11.8 Å². The van der Waals surface area contributed by atoms with Crippen molar-refractivity contribution in [3.8, 4) is 0 Å². The number of carboxylic acids is 1. The van der Waals surface area contributed by atoms with Gasteiger partial charge in [0, 0.05) is 28.5 Å². The number of aliphatic carboxylic acids is 1. The molecule has 2 aromatic rings. The zero-order valence-corrected chi connectivity index (χ0v) is 17.5. The first kappa shape index (κ1) is 22.0. The van der Waals surface area contributed by atoms with Crippen LogP contribution in [0.3, 0.4) is 0 Å². The lowest BCUT2D eigenvalue weighted by atomic mass is 9.84. The van der Waals surface area contributed by atoms with Crippen LogP contribution in [0.25, 0.3) is 0 Å². The highest BCUT2D eigenvalue weighted by molar-refractivity contribution is 7.98. The molecule has 0 fully saturated rings. The third-order valence-electron chi connectivity index (χ3n) is 4.90. The number of hydrogen-bond donors (Lipinski definition) is 2. The van der Waals surface area contributed by atoms with Gasteiger partial charge in [0.1, 0.15) is 5.92 Å². The minimum Gasteiger partial charge on any atom is -0.478 e. The molecule has 10 heteroatoms. The molecule has 1 heterocycles. The predicted octanol–water partition coefficient (Wildman–Crippen LogP) is 4.44. The van der Waals surface area contributed by atoms with Gasteiger partial charge in [0.05, 0.1) is 21.1 Å². The van der Waals surface area contributed by atoms with Gasteiger partial charge in [-0.05, 0) is 31.0 Å². The number of nitrogens with one attached hydrogen (secondary N) is 1. The second-order valence-corrected chi connectivity index (χ2v) is 7.94. The summed E-state index contributed by atoms with van der Waals surface area (Å²) in [6.07, 6.45) is 0. The summed E-state index contributed by atoms with van der Waals surface area (Å²) < 4.78 is 0. The van der Waals surface area contributed by atoms with E-state index in [1.54, 1.807) is 50.2 Å². The van der Waals surface area contributed by atoms with E-state index in [2.05, 4.69) is 5.32 Å². The van der Waals surface area contributed by atoms with E-state index in [1.807, 2.05) is 0 Å². The van der Waals surface area contributed by atoms with Crippen LogP contribution in [0.5, 0.6) is 0 Å². The number of carboxylic acid groups (broad SMARTS) is 1. The number of benzene rings is 2. The molecule has 0 saturated carbocycles. The van der Waals surface area contributed by atoms with Crippen LogP contribution in [-0.2, 0) is 10.5 Å². The molecule has 1 aliphatic heterocycles. The van der Waals surface area contributed by atoms with Gasteiger partial charge in [-0.1, -0.05) is 30.3 Å². The lowest BCUT2D eigenvalue weighted by Crippen LogP contribution is -2.31. The Bertz CT molecular complexity index is 1110. The predicted molar refractivity (Wildman–Crippen MR) is 115 cm³/mol. The summed E-state index contributed by atoms with van der Waals surface area (Å²) in [7, 11) is 0. The van der Waals surface area contributed by atoms with Gasteiger partial charge in [-0.2, -0.15) is 0 Å². The molecule has 31 heavy (non-hydrogen) atoms. The number of thioether (sulfide) groups is 1. The molecule has 1 aliphatic rings. The van der Waals surface area contributed by atoms with Crippen molar-refractivity contribution in [3.63, 3.8) is 0 Å². The lowest BCUT2D eigenvalue weighted by molar-refractivity contribution is -0.431. The van der Waals surface area contributed by atoms with E-state index < -0.39 is 21.7 Å². The fraction of sp³-hybridized carbons (Fsp3) is 0.190. The highest BCUT2D eigenvalue weighted by atomic mass is 32.2. The number of hydrogen-bond acceptors (Lipinski definition) is 7. The number of nitro groups is 2. The molecule has 2 N–H and O–H groups in total. The molecule has 3 rings (SSSR count). The fourth-order valence-electron chi connectivity index (χ4n) is 3.58. The van der Waals surface area contributed by atoms with Crippen LogP contribution in [0, 0.1) is 20.2 Å². The molecule has 1 atom stereocenters. The highest BCUT2D eigenvalue weighted by Crippen LogP contribution is 2.42. The van der Waals surface area contributed by atoms with Crippen molar-refractivity contribution in [3.05, 3.63) is 103 Å². The topological polar surface area (TPSA) is 136 Å². The summed E-state index contributed by atoms with van der Waals surface area (Å²) in [5, 5.41) is 35.4.